The van der Waals surface area contributed by atoms with Crippen molar-refractivity contribution in [2.24, 2.45) is 0 Å². The number of methoxy groups -OCH3 is 1. The van der Waals surface area contributed by atoms with E-state index in [1.54, 1.807) is 7.11 Å². The van der Waals surface area contributed by atoms with Gasteiger partial charge in [0.25, 0.3) is 0 Å². The SMILES string of the molecule is COc1ccc(CNC(=S)NNC(=O)CSCc2ccccc2Cl)cc1. The Labute approximate surface area is 167 Å². The smallest absolute Gasteiger partial charge is 0.248 e. The lowest BCUT2D eigenvalue weighted by atomic mass is 10.2. The zero-order valence-electron chi connectivity index (χ0n) is 14.3. The first kappa shape index (κ1) is 20.4. The van der Waals surface area contributed by atoms with Crippen LogP contribution >= 0.6 is 35.6 Å². The zero-order valence-corrected chi connectivity index (χ0v) is 16.6. The molecule has 0 heterocycles. The van der Waals surface area contributed by atoms with Crippen LogP contribution in [-0.2, 0) is 17.1 Å². The average molecular weight is 410 g/mol. The predicted octanol–water partition coefficient (Wildman–Crippen LogP) is 3.28. The molecule has 0 radical (unpaired) electrons. The molecule has 8 heteroatoms. The molecule has 3 N–H and O–H groups in total. The van der Waals surface area contributed by atoms with Crippen molar-refractivity contribution in [3.8, 4) is 5.75 Å². The number of nitrogens with one attached hydrogen (secondary N) is 3. The maximum Gasteiger partial charge on any atom is 0.248 e. The number of thioether (sulfide) groups is 1. The molecule has 2 rings (SSSR count). The Morgan fingerprint density at radius 1 is 1.15 bits per heavy atom. The third-order valence-corrected chi connectivity index (χ3v) is 4.97. The van der Waals surface area contributed by atoms with Crippen LogP contribution in [0.25, 0.3) is 0 Å². The van der Waals surface area contributed by atoms with Gasteiger partial charge in [0, 0.05) is 17.3 Å². The Hall–Kier alpha value is -1.96. The molecule has 138 valence electrons. The van der Waals surface area contributed by atoms with Crippen LogP contribution in [0.2, 0.25) is 5.02 Å². The molecule has 0 aliphatic rings. The Kier molecular flexibility index (Phi) is 8.53. The van der Waals surface area contributed by atoms with Crippen LogP contribution in [0.1, 0.15) is 11.1 Å². The van der Waals surface area contributed by atoms with Crippen molar-refractivity contribution < 1.29 is 9.53 Å². The van der Waals surface area contributed by atoms with Gasteiger partial charge in [-0.1, -0.05) is 41.9 Å². The minimum atomic E-state index is -0.157. The third-order valence-electron chi connectivity index (χ3n) is 3.38. The molecular formula is C18H20ClN3O2S2. The normalized spacial score (nSPS) is 10.1. The van der Waals surface area contributed by atoms with Crippen molar-refractivity contribution in [1.29, 1.82) is 0 Å². The summed E-state index contributed by atoms with van der Waals surface area (Å²) in [4.78, 5) is 11.8. The van der Waals surface area contributed by atoms with Crippen LogP contribution < -0.4 is 20.9 Å². The molecule has 0 spiro atoms. The van der Waals surface area contributed by atoms with Crippen molar-refractivity contribution in [3.63, 3.8) is 0 Å². The van der Waals surface area contributed by atoms with Crippen LogP contribution in [0.5, 0.6) is 5.75 Å². The lowest BCUT2D eigenvalue weighted by molar-refractivity contribution is -0.119. The van der Waals surface area contributed by atoms with Crippen LogP contribution in [-0.4, -0.2) is 23.9 Å². The van der Waals surface area contributed by atoms with Crippen LogP contribution in [0.15, 0.2) is 48.5 Å². The highest BCUT2D eigenvalue weighted by atomic mass is 35.5. The molecule has 2 aromatic carbocycles. The van der Waals surface area contributed by atoms with Gasteiger partial charge in [0.15, 0.2) is 5.11 Å². The first-order valence-electron chi connectivity index (χ1n) is 7.85. The minimum absolute atomic E-state index is 0.157. The Morgan fingerprint density at radius 3 is 2.58 bits per heavy atom. The predicted molar refractivity (Wildman–Crippen MR) is 111 cm³/mol. The van der Waals surface area contributed by atoms with Gasteiger partial charge >= 0.3 is 0 Å². The lowest BCUT2D eigenvalue weighted by Gasteiger charge is -2.12. The van der Waals surface area contributed by atoms with Gasteiger partial charge in [-0.15, -0.1) is 11.8 Å². The number of hydrogen-bond donors (Lipinski definition) is 3. The van der Waals surface area contributed by atoms with E-state index < -0.39 is 0 Å². The summed E-state index contributed by atoms with van der Waals surface area (Å²) >= 11 is 12.7. The van der Waals surface area contributed by atoms with E-state index in [1.807, 2.05) is 48.5 Å². The fourth-order valence-electron chi connectivity index (χ4n) is 2.00. The fourth-order valence-corrected chi connectivity index (χ4v) is 3.24. The summed E-state index contributed by atoms with van der Waals surface area (Å²) in [5, 5.41) is 4.08. The van der Waals surface area contributed by atoms with Gasteiger partial charge < -0.3 is 10.1 Å². The molecule has 0 aliphatic carbocycles. The monoisotopic (exact) mass is 409 g/mol. The van der Waals surface area contributed by atoms with Crippen molar-refractivity contribution in [2.45, 2.75) is 12.3 Å². The van der Waals surface area contributed by atoms with Gasteiger partial charge in [-0.05, 0) is 41.5 Å². The summed E-state index contributed by atoms with van der Waals surface area (Å²) in [7, 11) is 1.63. The van der Waals surface area contributed by atoms with Crippen LogP contribution in [0.3, 0.4) is 0 Å². The number of ether oxygens (including phenoxy) is 1. The van der Waals surface area contributed by atoms with Gasteiger partial charge in [-0.25, -0.2) is 0 Å². The molecule has 5 nitrogen and oxygen atoms in total. The highest BCUT2D eigenvalue weighted by molar-refractivity contribution is 7.99. The number of carbonyl (C=O) groups excluding carboxylic acids is 1. The minimum Gasteiger partial charge on any atom is -0.497 e. The molecule has 2 aromatic rings. The zero-order chi connectivity index (χ0) is 18.8. The van der Waals surface area contributed by atoms with Crippen molar-refractivity contribution in [2.75, 3.05) is 12.9 Å². The summed E-state index contributed by atoms with van der Waals surface area (Å²) in [5.41, 5.74) is 7.33. The summed E-state index contributed by atoms with van der Waals surface area (Å²) in [5.74, 6) is 1.62. The largest absolute Gasteiger partial charge is 0.497 e. The number of hydrogen-bond acceptors (Lipinski definition) is 4. The molecule has 0 aliphatic heterocycles. The number of benzene rings is 2. The van der Waals surface area contributed by atoms with Gasteiger partial charge in [0.05, 0.1) is 12.9 Å². The number of thiocarbonyl (C=S) groups is 1. The maximum absolute atomic E-state index is 11.8. The second-order valence-corrected chi connectivity index (χ2v) is 7.09. The van der Waals surface area contributed by atoms with Gasteiger partial charge in [0.1, 0.15) is 5.75 Å². The van der Waals surface area contributed by atoms with Crippen molar-refractivity contribution >= 4 is 46.6 Å². The van der Waals surface area contributed by atoms with Crippen LogP contribution in [0.4, 0.5) is 0 Å². The molecule has 0 aromatic heterocycles. The number of rotatable bonds is 7. The molecule has 0 unspecified atom stereocenters. The molecule has 0 saturated heterocycles. The standard InChI is InChI=1S/C18H20ClN3O2S2/c1-24-15-8-6-13(7-9-15)10-20-18(25)22-21-17(23)12-26-11-14-4-2-3-5-16(14)19/h2-9H,10-12H2,1H3,(H,21,23)(H2,20,22,25). The first-order chi connectivity index (χ1) is 12.6. The number of carbonyl (C=O) groups is 1. The number of hydrazine groups is 1. The average Bonchev–Trinajstić information content (AvgIpc) is 2.66. The summed E-state index contributed by atoms with van der Waals surface area (Å²) in [6.45, 7) is 0.549. The fraction of sp³-hybridized carbons (Fsp3) is 0.222. The van der Waals surface area contributed by atoms with Gasteiger partial charge in [0.2, 0.25) is 5.91 Å². The van der Waals surface area contributed by atoms with E-state index in [9.17, 15) is 4.79 Å². The van der Waals surface area contributed by atoms with Crippen molar-refractivity contribution in [1.82, 2.24) is 16.2 Å². The second-order valence-electron chi connectivity index (χ2n) is 5.29. The maximum atomic E-state index is 11.8. The van der Waals surface area contributed by atoms with E-state index >= 15 is 0 Å². The van der Waals surface area contributed by atoms with E-state index in [0.717, 1.165) is 16.9 Å². The highest BCUT2D eigenvalue weighted by Crippen LogP contribution is 2.20. The van der Waals surface area contributed by atoms with E-state index in [-0.39, 0.29) is 5.91 Å². The molecule has 1 amide bonds. The molecule has 0 fully saturated rings. The molecule has 0 bridgehead atoms. The molecule has 26 heavy (non-hydrogen) atoms. The molecule has 0 saturated carbocycles. The highest BCUT2D eigenvalue weighted by Gasteiger charge is 2.05. The van der Waals surface area contributed by atoms with E-state index in [2.05, 4.69) is 16.2 Å². The van der Waals surface area contributed by atoms with Crippen LogP contribution in [0, 0.1) is 0 Å². The Morgan fingerprint density at radius 2 is 1.88 bits per heavy atom. The quantitative estimate of drug-likeness (QED) is 0.482. The van der Waals surface area contributed by atoms with Gasteiger partial charge in [-0.3, -0.25) is 15.6 Å². The summed E-state index contributed by atoms with van der Waals surface area (Å²) < 4.78 is 5.11. The lowest BCUT2D eigenvalue weighted by Crippen LogP contribution is -2.47. The van der Waals surface area contributed by atoms with E-state index in [1.165, 1.54) is 11.8 Å². The third kappa shape index (κ3) is 7.11. The molecular weight excluding hydrogens is 390 g/mol. The first-order valence-corrected chi connectivity index (χ1v) is 9.79. The number of amides is 1. The second kappa shape index (κ2) is 10.9. The van der Waals surface area contributed by atoms with Crippen molar-refractivity contribution in [3.05, 3.63) is 64.7 Å². The molecule has 0 atom stereocenters. The van der Waals surface area contributed by atoms with Gasteiger partial charge in [-0.2, -0.15) is 0 Å². The topological polar surface area (TPSA) is 62.4 Å². The number of halogens is 1. The summed E-state index contributed by atoms with van der Waals surface area (Å²) in [6.07, 6.45) is 0. The summed E-state index contributed by atoms with van der Waals surface area (Å²) in [6, 6.07) is 15.2. The van der Waals surface area contributed by atoms with E-state index in [4.69, 9.17) is 28.6 Å². The van der Waals surface area contributed by atoms with E-state index in [0.29, 0.717) is 28.2 Å². The Bertz CT molecular complexity index is 741. The Balaban J connectivity index is 1.62.